The van der Waals surface area contributed by atoms with Gasteiger partial charge in [0.25, 0.3) is 0 Å². The molecule has 0 aliphatic rings. The van der Waals surface area contributed by atoms with E-state index < -0.39 is 21.2 Å². The maximum absolute atomic E-state index is 11.3. The number of nitrogens with zero attached hydrogens (tertiary/aromatic N) is 5. The molecule has 0 radical (unpaired) electrons. The molecule has 0 atom stereocenters. The van der Waals surface area contributed by atoms with E-state index in [9.17, 15) is 20.2 Å². The van der Waals surface area contributed by atoms with Crippen LogP contribution in [0.5, 0.6) is 5.75 Å². The Hall–Kier alpha value is -4.64. The van der Waals surface area contributed by atoms with Crippen LogP contribution in [0.25, 0.3) is 37.7 Å². The number of rotatable bonds is 6. The summed E-state index contributed by atoms with van der Waals surface area (Å²) < 4.78 is 8.07. The fourth-order valence-corrected chi connectivity index (χ4v) is 4.62. The van der Waals surface area contributed by atoms with E-state index in [1.807, 2.05) is 42.5 Å². The zero-order chi connectivity index (χ0) is 23.8. The summed E-state index contributed by atoms with van der Waals surface area (Å²) in [7, 11) is 1.63. The SMILES string of the molecule is COc1ccc2nc(-c3ccc(-n4cncc4-c4ccc([N+](=O)[O-])c([N+](=O)[O-])c4)cc3)sc2c1. The third kappa shape index (κ3) is 3.73. The summed E-state index contributed by atoms with van der Waals surface area (Å²) in [5.41, 5.74) is 2.49. The Balaban J connectivity index is 1.49. The first-order chi connectivity index (χ1) is 16.4. The van der Waals surface area contributed by atoms with Crippen molar-refractivity contribution in [1.29, 1.82) is 0 Å². The van der Waals surface area contributed by atoms with E-state index in [1.165, 1.54) is 12.1 Å². The van der Waals surface area contributed by atoms with Crippen molar-refractivity contribution in [1.82, 2.24) is 14.5 Å². The largest absolute Gasteiger partial charge is 0.497 e. The van der Waals surface area contributed by atoms with Crippen molar-refractivity contribution < 1.29 is 14.6 Å². The summed E-state index contributed by atoms with van der Waals surface area (Å²) >= 11 is 1.56. The number of fused-ring (bicyclic) bond motifs is 1. The van der Waals surface area contributed by atoms with Gasteiger partial charge in [-0.2, -0.15) is 0 Å². The van der Waals surface area contributed by atoms with Crippen LogP contribution < -0.4 is 4.74 Å². The number of aromatic nitrogens is 3. The van der Waals surface area contributed by atoms with Crippen molar-refractivity contribution in [2.24, 2.45) is 0 Å². The average molecular weight is 473 g/mol. The highest BCUT2D eigenvalue weighted by atomic mass is 32.1. The smallest absolute Gasteiger partial charge is 0.346 e. The van der Waals surface area contributed by atoms with Crippen molar-refractivity contribution in [2.45, 2.75) is 0 Å². The third-order valence-corrected chi connectivity index (χ3v) is 6.36. The van der Waals surface area contributed by atoms with Crippen LogP contribution in [-0.2, 0) is 0 Å². The molecule has 0 spiro atoms. The molecule has 5 aromatic rings. The first-order valence-corrected chi connectivity index (χ1v) is 10.8. The van der Waals surface area contributed by atoms with Crippen LogP contribution in [0, 0.1) is 20.2 Å². The molecule has 5 rings (SSSR count). The fraction of sp³-hybridized carbons (Fsp3) is 0.0435. The van der Waals surface area contributed by atoms with Gasteiger partial charge in [0.1, 0.15) is 10.8 Å². The maximum atomic E-state index is 11.3. The Morgan fingerprint density at radius 3 is 2.35 bits per heavy atom. The van der Waals surface area contributed by atoms with Gasteiger partial charge < -0.3 is 4.74 Å². The average Bonchev–Trinajstić information content (AvgIpc) is 3.50. The van der Waals surface area contributed by atoms with Crippen LogP contribution in [0.1, 0.15) is 0 Å². The van der Waals surface area contributed by atoms with E-state index in [1.54, 1.807) is 35.5 Å². The quantitative estimate of drug-likeness (QED) is 0.231. The normalized spacial score (nSPS) is 11.0. The first kappa shape index (κ1) is 21.2. The molecule has 0 saturated carbocycles. The third-order valence-electron chi connectivity index (χ3n) is 5.29. The molecular weight excluding hydrogens is 458 g/mol. The molecule has 0 aliphatic carbocycles. The van der Waals surface area contributed by atoms with Crippen molar-refractivity contribution in [3.05, 3.63) is 93.4 Å². The van der Waals surface area contributed by atoms with Crippen LogP contribution in [0.15, 0.2) is 73.2 Å². The Bertz CT molecular complexity index is 1560. The van der Waals surface area contributed by atoms with E-state index in [0.717, 1.165) is 38.3 Å². The van der Waals surface area contributed by atoms with Gasteiger partial charge in [-0.05, 0) is 48.5 Å². The molecule has 10 nitrogen and oxygen atoms in total. The number of nitro benzene ring substituents is 2. The predicted octanol–water partition coefficient (Wildman–Crippen LogP) is 5.64. The Kier molecular flexibility index (Phi) is 5.22. The second-order valence-corrected chi connectivity index (χ2v) is 8.30. The molecule has 0 aliphatic heterocycles. The van der Waals surface area contributed by atoms with Crippen molar-refractivity contribution >= 4 is 32.9 Å². The molecule has 0 bridgehead atoms. The zero-order valence-electron chi connectivity index (χ0n) is 17.6. The van der Waals surface area contributed by atoms with Gasteiger partial charge in [-0.25, -0.2) is 9.97 Å². The van der Waals surface area contributed by atoms with E-state index in [4.69, 9.17) is 4.74 Å². The van der Waals surface area contributed by atoms with E-state index in [2.05, 4.69) is 9.97 Å². The minimum absolute atomic E-state index is 0.444. The lowest BCUT2D eigenvalue weighted by Gasteiger charge is -2.09. The number of thiazole rings is 1. The maximum Gasteiger partial charge on any atom is 0.346 e. The summed E-state index contributed by atoms with van der Waals surface area (Å²) in [5.74, 6) is 0.775. The summed E-state index contributed by atoms with van der Waals surface area (Å²) in [6, 6.07) is 17.2. The topological polar surface area (TPSA) is 126 Å². The number of nitro groups is 2. The van der Waals surface area contributed by atoms with Gasteiger partial charge in [0, 0.05) is 28.9 Å². The summed E-state index contributed by atoms with van der Waals surface area (Å²) in [6.07, 6.45) is 3.14. The molecule has 34 heavy (non-hydrogen) atoms. The Morgan fingerprint density at radius 1 is 0.912 bits per heavy atom. The Labute approximate surface area is 196 Å². The van der Waals surface area contributed by atoms with Crippen LogP contribution in [0.4, 0.5) is 11.4 Å². The standard InChI is InChI=1S/C23H15N5O5S/c1-33-17-7-8-18-22(11-17)34-23(25-18)14-2-5-16(6-3-14)26-13-24-12-21(26)15-4-9-19(27(29)30)20(10-15)28(31)32/h2-13H,1H3. The molecule has 0 N–H and O–H groups in total. The molecule has 2 heterocycles. The zero-order valence-corrected chi connectivity index (χ0v) is 18.4. The number of ether oxygens (including phenoxy) is 1. The number of methoxy groups -OCH3 is 1. The van der Waals surface area contributed by atoms with Gasteiger partial charge in [0.05, 0.1) is 45.4 Å². The van der Waals surface area contributed by atoms with E-state index >= 15 is 0 Å². The molecular formula is C23H15N5O5S. The highest BCUT2D eigenvalue weighted by Gasteiger charge is 2.25. The van der Waals surface area contributed by atoms with Crippen LogP contribution in [0.3, 0.4) is 0 Å². The number of imidazole rings is 1. The summed E-state index contributed by atoms with van der Waals surface area (Å²) in [5, 5.41) is 23.3. The molecule has 0 amide bonds. The second-order valence-electron chi connectivity index (χ2n) is 7.27. The highest BCUT2D eigenvalue weighted by Crippen LogP contribution is 2.35. The molecule has 0 saturated heterocycles. The Morgan fingerprint density at radius 2 is 1.65 bits per heavy atom. The lowest BCUT2D eigenvalue weighted by atomic mass is 10.1. The van der Waals surface area contributed by atoms with Crippen molar-refractivity contribution in [3.63, 3.8) is 0 Å². The predicted molar refractivity (Wildman–Crippen MR) is 127 cm³/mol. The van der Waals surface area contributed by atoms with Gasteiger partial charge in [-0.3, -0.25) is 24.8 Å². The number of benzene rings is 3. The molecule has 0 unspecified atom stereocenters. The van der Waals surface area contributed by atoms with Crippen molar-refractivity contribution in [2.75, 3.05) is 7.11 Å². The van der Waals surface area contributed by atoms with Crippen molar-refractivity contribution in [3.8, 4) is 33.3 Å². The minimum Gasteiger partial charge on any atom is -0.497 e. The van der Waals surface area contributed by atoms with Gasteiger partial charge in [-0.1, -0.05) is 0 Å². The fourth-order valence-electron chi connectivity index (χ4n) is 3.62. The molecule has 2 aromatic heterocycles. The number of hydrogen-bond acceptors (Lipinski definition) is 8. The van der Waals surface area contributed by atoms with Crippen LogP contribution >= 0.6 is 11.3 Å². The molecule has 11 heteroatoms. The number of hydrogen-bond donors (Lipinski definition) is 0. The van der Waals surface area contributed by atoms with Gasteiger partial charge in [-0.15, -0.1) is 11.3 Å². The van der Waals surface area contributed by atoms with Gasteiger partial charge in [0.2, 0.25) is 0 Å². The van der Waals surface area contributed by atoms with E-state index in [-0.39, 0.29) is 0 Å². The van der Waals surface area contributed by atoms with E-state index in [0.29, 0.717) is 11.3 Å². The summed E-state index contributed by atoms with van der Waals surface area (Å²) in [6.45, 7) is 0. The monoisotopic (exact) mass is 473 g/mol. The second kappa shape index (κ2) is 8.37. The van der Waals surface area contributed by atoms with Gasteiger partial charge >= 0.3 is 11.4 Å². The minimum atomic E-state index is -0.768. The van der Waals surface area contributed by atoms with Crippen LogP contribution in [-0.4, -0.2) is 31.5 Å². The highest BCUT2D eigenvalue weighted by molar-refractivity contribution is 7.21. The lowest BCUT2D eigenvalue weighted by Crippen LogP contribution is -1.99. The molecule has 168 valence electrons. The first-order valence-electron chi connectivity index (χ1n) is 9.95. The van der Waals surface area contributed by atoms with Crippen LogP contribution in [0.2, 0.25) is 0 Å². The molecule has 0 fully saturated rings. The summed E-state index contributed by atoms with van der Waals surface area (Å²) in [4.78, 5) is 29.8. The lowest BCUT2D eigenvalue weighted by molar-refractivity contribution is -0.422. The van der Waals surface area contributed by atoms with Gasteiger partial charge in [0.15, 0.2) is 0 Å². The molecule has 3 aromatic carbocycles.